The van der Waals surface area contributed by atoms with Crippen molar-refractivity contribution in [1.29, 1.82) is 0 Å². The van der Waals surface area contributed by atoms with E-state index >= 15 is 0 Å². The van der Waals surface area contributed by atoms with Gasteiger partial charge >= 0.3 is 0 Å². The van der Waals surface area contributed by atoms with E-state index in [4.69, 9.17) is 16.3 Å². The van der Waals surface area contributed by atoms with Gasteiger partial charge in [-0.2, -0.15) is 0 Å². The highest BCUT2D eigenvalue weighted by atomic mass is 35.5. The van der Waals surface area contributed by atoms with Crippen molar-refractivity contribution >= 4 is 17.5 Å². The molecule has 0 aromatic heterocycles. The highest BCUT2D eigenvalue weighted by molar-refractivity contribution is 6.17. The molecule has 2 atom stereocenters. The normalized spacial score (nSPS) is 14.4. The van der Waals surface area contributed by atoms with Crippen LogP contribution in [0.3, 0.4) is 0 Å². The Morgan fingerprint density at radius 1 is 1.35 bits per heavy atom. The summed E-state index contributed by atoms with van der Waals surface area (Å²) >= 11 is 5.71. The minimum absolute atomic E-state index is 0.0423. The van der Waals surface area contributed by atoms with Crippen LogP contribution in [0.15, 0.2) is 0 Å². The van der Waals surface area contributed by atoms with Crippen molar-refractivity contribution in [3.05, 3.63) is 0 Å². The van der Waals surface area contributed by atoms with Gasteiger partial charge in [-0.15, -0.1) is 11.6 Å². The molecule has 2 unspecified atom stereocenters. The summed E-state index contributed by atoms with van der Waals surface area (Å²) in [6.07, 6.45) is 4.86. The molecule has 0 spiro atoms. The van der Waals surface area contributed by atoms with Crippen LogP contribution in [0.1, 0.15) is 46.0 Å². The zero-order valence-electron chi connectivity index (χ0n) is 11.3. The van der Waals surface area contributed by atoms with E-state index in [1.807, 2.05) is 0 Å². The molecule has 0 bridgehead atoms. The van der Waals surface area contributed by atoms with Gasteiger partial charge in [0.1, 0.15) is 0 Å². The molecular formula is C13H26ClNO2. The van der Waals surface area contributed by atoms with E-state index < -0.39 is 0 Å². The largest absolute Gasteiger partial charge is 0.383 e. The van der Waals surface area contributed by atoms with Gasteiger partial charge in [-0.1, -0.05) is 26.7 Å². The summed E-state index contributed by atoms with van der Waals surface area (Å²) in [5, 5.41) is 3.03. The van der Waals surface area contributed by atoms with Crippen LogP contribution in [0, 0.1) is 5.92 Å². The third-order valence-electron chi connectivity index (χ3n) is 2.94. The topological polar surface area (TPSA) is 38.3 Å². The van der Waals surface area contributed by atoms with E-state index in [0.717, 1.165) is 32.1 Å². The van der Waals surface area contributed by atoms with Crippen molar-refractivity contribution in [2.75, 3.05) is 19.6 Å². The maximum Gasteiger partial charge on any atom is 0.223 e. The smallest absolute Gasteiger partial charge is 0.223 e. The Labute approximate surface area is 110 Å². The lowest BCUT2D eigenvalue weighted by atomic mass is 9.98. The fraction of sp³-hybridized carbons (Fsp3) is 0.923. The van der Waals surface area contributed by atoms with Gasteiger partial charge in [0.25, 0.3) is 0 Å². The fourth-order valence-electron chi connectivity index (χ4n) is 1.82. The quantitative estimate of drug-likeness (QED) is 0.616. The number of halogens is 1. The average Bonchev–Trinajstić information content (AvgIpc) is 2.30. The minimum Gasteiger partial charge on any atom is -0.383 e. The van der Waals surface area contributed by atoms with Crippen molar-refractivity contribution < 1.29 is 9.53 Å². The first-order valence-corrected chi connectivity index (χ1v) is 7.08. The van der Waals surface area contributed by atoms with Gasteiger partial charge in [0.2, 0.25) is 5.91 Å². The molecule has 4 heteroatoms. The maximum absolute atomic E-state index is 12.0. The molecule has 0 saturated carbocycles. The van der Waals surface area contributed by atoms with Crippen LogP contribution in [0.25, 0.3) is 0 Å². The number of unbranched alkanes of at least 4 members (excludes halogenated alkanes) is 1. The number of hydrogen-bond acceptors (Lipinski definition) is 2. The number of methoxy groups -OCH3 is 1. The molecule has 0 heterocycles. The van der Waals surface area contributed by atoms with Gasteiger partial charge in [-0.25, -0.2) is 0 Å². The molecule has 102 valence electrons. The summed E-state index contributed by atoms with van der Waals surface area (Å²) in [4.78, 5) is 12.0. The van der Waals surface area contributed by atoms with Gasteiger partial charge in [-0.05, 0) is 19.3 Å². The van der Waals surface area contributed by atoms with Crippen molar-refractivity contribution in [1.82, 2.24) is 5.32 Å². The van der Waals surface area contributed by atoms with Crippen LogP contribution in [0.2, 0.25) is 0 Å². The molecule has 0 aromatic carbocycles. The lowest BCUT2D eigenvalue weighted by molar-refractivity contribution is -0.126. The molecular weight excluding hydrogens is 238 g/mol. The molecule has 0 aromatic rings. The van der Waals surface area contributed by atoms with Crippen LogP contribution in [-0.4, -0.2) is 31.5 Å². The van der Waals surface area contributed by atoms with E-state index in [0.29, 0.717) is 12.5 Å². The van der Waals surface area contributed by atoms with Crippen molar-refractivity contribution in [3.8, 4) is 0 Å². The highest BCUT2D eigenvalue weighted by Gasteiger charge is 2.19. The Morgan fingerprint density at radius 3 is 2.53 bits per heavy atom. The summed E-state index contributed by atoms with van der Waals surface area (Å²) in [5.41, 5.74) is 0. The second kappa shape index (κ2) is 10.8. The van der Waals surface area contributed by atoms with Crippen molar-refractivity contribution in [2.24, 2.45) is 5.92 Å². The zero-order chi connectivity index (χ0) is 13.1. The van der Waals surface area contributed by atoms with Crippen LogP contribution in [0.4, 0.5) is 0 Å². The molecule has 0 rings (SSSR count). The molecule has 0 aliphatic carbocycles. The number of alkyl halides is 1. The number of hydrogen-bond donors (Lipinski definition) is 1. The molecule has 3 nitrogen and oxygen atoms in total. The summed E-state index contributed by atoms with van der Waals surface area (Å²) in [6, 6.07) is 0.0423. The Balaban J connectivity index is 4.14. The average molecular weight is 264 g/mol. The van der Waals surface area contributed by atoms with Gasteiger partial charge in [0.05, 0.1) is 12.6 Å². The summed E-state index contributed by atoms with van der Waals surface area (Å²) in [5.74, 6) is 0.817. The molecule has 0 aliphatic rings. The molecule has 1 N–H and O–H groups in total. The second-order valence-corrected chi connectivity index (χ2v) is 4.76. The predicted molar refractivity (Wildman–Crippen MR) is 72.4 cm³/mol. The molecule has 0 fully saturated rings. The minimum atomic E-state index is 0.0423. The first kappa shape index (κ1) is 16.7. The molecule has 0 radical (unpaired) electrons. The van der Waals surface area contributed by atoms with Crippen LogP contribution in [0.5, 0.6) is 0 Å². The number of ether oxygens (including phenoxy) is 1. The van der Waals surface area contributed by atoms with Crippen molar-refractivity contribution in [3.63, 3.8) is 0 Å². The van der Waals surface area contributed by atoms with E-state index in [9.17, 15) is 4.79 Å². The predicted octanol–water partition coefficient (Wildman–Crippen LogP) is 2.96. The standard InChI is InChI=1S/C13H26ClNO2/c1-4-6-7-11(5-2)13(16)15-12(8-9-14)10-17-3/h11-12H,4-10H2,1-3H3,(H,15,16). The van der Waals surface area contributed by atoms with Crippen LogP contribution < -0.4 is 5.32 Å². The third kappa shape index (κ3) is 7.61. The second-order valence-electron chi connectivity index (χ2n) is 4.39. The summed E-state index contributed by atoms with van der Waals surface area (Å²) < 4.78 is 5.08. The fourth-order valence-corrected chi connectivity index (χ4v) is 2.08. The third-order valence-corrected chi connectivity index (χ3v) is 3.16. The highest BCUT2D eigenvalue weighted by Crippen LogP contribution is 2.13. The Hall–Kier alpha value is -0.280. The number of carbonyl (C=O) groups is 1. The Kier molecular flexibility index (Phi) is 10.7. The molecule has 0 saturated heterocycles. The number of amides is 1. The summed E-state index contributed by atoms with van der Waals surface area (Å²) in [6.45, 7) is 4.74. The van der Waals surface area contributed by atoms with Gasteiger partial charge in [0.15, 0.2) is 0 Å². The lowest BCUT2D eigenvalue weighted by Crippen LogP contribution is -2.41. The first-order valence-electron chi connectivity index (χ1n) is 6.54. The number of nitrogens with one attached hydrogen (secondary N) is 1. The van der Waals surface area contributed by atoms with Crippen molar-refractivity contribution in [2.45, 2.75) is 52.0 Å². The van der Waals surface area contributed by atoms with E-state index in [1.165, 1.54) is 0 Å². The Bertz CT molecular complexity index is 194. The van der Waals surface area contributed by atoms with Gasteiger partial charge < -0.3 is 10.1 Å². The number of carbonyl (C=O) groups excluding carboxylic acids is 1. The number of rotatable bonds is 10. The Morgan fingerprint density at radius 2 is 2.06 bits per heavy atom. The SMILES string of the molecule is CCCCC(CC)C(=O)NC(CCCl)COC. The van der Waals surface area contributed by atoms with E-state index in [2.05, 4.69) is 19.2 Å². The lowest BCUT2D eigenvalue weighted by Gasteiger charge is -2.21. The van der Waals surface area contributed by atoms with E-state index in [-0.39, 0.29) is 17.9 Å². The molecule has 17 heavy (non-hydrogen) atoms. The van der Waals surface area contributed by atoms with Gasteiger partial charge in [0, 0.05) is 18.9 Å². The maximum atomic E-state index is 12.0. The van der Waals surface area contributed by atoms with E-state index in [1.54, 1.807) is 7.11 Å². The molecule has 0 aliphatic heterocycles. The van der Waals surface area contributed by atoms with Gasteiger partial charge in [-0.3, -0.25) is 4.79 Å². The van der Waals surface area contributed by atoms with Crippen LogP contribution >= 0.6 is 11.6 Å². The first-order chi connectivity index (χ1) is 8.19. The monoisotopic (exact) mass is 263 g/mol. The summed E-state index contributed by atoms with van der Waals surface area (Å²) in [7, 11) is 1.64. The molecule has 1 amide bonds. The zero-order valence-corrected chi connectivity index (χ0v) is 12.1. The van der Waals surface area contributed by atoms with Crippen LogP contribution in [-0.2, 0) is 9.53 Å².